The Morgan fingerprint density at radius 2 is 1.66 bits per heavy atom. The lowest BCUT2D eigenvalue weighted by Crippen LogP contribution is -2.50. The van der Waals surface area contributed by atoms with E-state index in [4.69, 9.17) is 37.9 Å². The molecular weight excluding hydrogens is 931 g/mol. The number of aliphatic carboxylic acids is 1. The van der Waals surface area contributed by atoms with Crippen LogP contribution in [0, 0.1) is 36.0 Å². The Hall–Kier alpha value is -5.48. The fraction of sp³-hybridized carbons (Fsp3) is 0.608. The van der Waals surface area contributed by atoms with E-state index in [-0.39, 0.29) is 59.9 Å². The van der Waals surface area contributed by atoms with E-state index in [1.165, 1.54) is 79.0 Å². The lowest BCUT2D eigenvalue weighted by molar-refractivity contribution is -0.246. The number of nitrogens with one attached hydrogen (secondary N) is 1. The quantitative estimate of drug-likeness (QED) is 0.195. The van der Waals surface area contributed by atoms with Gasteiger partial charge in [-0.2, -0.15) is 0 Å². The maximum absolute atomic E-state index is 14.0. The minimum atomic E-state index is -1.67. The average molecular weight is 998 g/mol. The third-order valence-electron chi connectivity index (χ3n) is 14.1. The van der Waals surface area contributed by atoms with Gasteiger partial charge in [-0.3, -0.25) is 28.8 Å². The molecule has 7 aliphatic heterocycles. The van der Waals surface area contributed by atoms with Gasteiger partial charge in [-0.05, 0) is 47.6 Å². The van der Waals surface area contributed by atoms with E-state index in [0.717, 1.165) is 6.08 Å². The van der Waals surface area contributed by atoms with Gasteiger partial charge in [0.1, 0.15) is 36.6 Å². The number of ketones is 2. The van der Waals surface area contributed by atoms with Gasteiger partial charge in [0.25, 0.3) is 5.91 Å². The first-order valence-corrected chi connectivity index (χ1v) is 23.7. The zero-order chi connectivity index (χ0) is 52.6. The standard InChI is InChI=1S/C51H67NO19/c1-22-13-12-14-30(27(6)68-49(63)50(9,10)20-36(56)57)42(59)24(3)41(58)25(4)45(69-29(8)53)23(2)34(70-37-18-35-47(28(7)67-37)65-21-64-35)15-16-66-51(11)19-33(55)39-38-32(54)17-31(52-48(22)62)44(61)40(38)43(60)26(5)46(39)71-51/h12-17,23-25,27-28,30,33-35,37,41-42,45,47,55,58-60H,18-21H2,1-11H3,(H,52,62)(H,56,57)/b14-12+,16-15+,22-13-. The zero-order valence-electron chi connectivity index (χ0n) is 41.8. The van der Waals surface area contributed by atoms with Crippen molar-refractivity contribution >= 4 is 35.4 Å². The van der Waals surface area contributed by atoms with E-state index in [0.29, 0.717) is 0 Å². The van der Waals surface area contributed by atoms with Crippen molar-refractivity contribution in [2.24, 2.45) is 29.1 Å². The molecule has 0 aromatic heterocycles. The highest BCUT2D eigenvalue weighted by molar-refractivity contribution is 6.27. The number of hydrogen-bond acceptors (Lipinski definition) is 18. The highest BCUT2D eigenvalue weighted by Gasteiger charge is 2.48. The number of aliphatic hydroxyl groups is 3. The van der Waals surface area contributed by atoms with Gasteiger partial charge in [0, 0.05) is 72.3 Å². The molecule has 2 saturated heterocycles. The summed E-state index contributed by atoms with van der Waals surface area (Å²) in [7, 11) is 0. The average Bonchev–Trinajstić information content (AvgIpc) is 3.77. The molecule has 2 fully saturated rings. The first-order chi connectivity index (χ1) is 33.2. The summed E-state index contributed by atoms with van der Waals surface area (Å²) in [6.45, 7) is 16.6. The van der Waals surface area contributed by atoms with Crippen molar-refractivity contribution in [3.63, 3.8) is 0 Å². The minimum Gasteiger partial charge on any atom is -0.507 e. The number of allylic oxidation sites excluding steroid dienone is 4. The summed E-state index contributed by atoms with van der Waals surface area (Å²) in [4.78, 5) is 79.4. The maximum atomic E-state index is 14.0. The molecule has 9 rings (SSSR count). The van der Waals surface area contributed by atoms with Crippen LogP contribution >= 0.6 is 0 Å². The lowest BCUT2D eigenvalue weighted by Gasteiger charge is -2.41. The van der Waals surface area contributed by atoms with Crippen molar-refractivity contribution in [3.05, 3.63) is 70.2 Å². The molecule has 0 saturated carbocycles. The summed E-state index contributed by atoms with van der Waals surface area (Å²) < 4.78 is 48.6. The van der Waals surface area contributed by atoms with Gasteiger partial charge < -0.3 is 68.7 Å². The first-order valence-electron chi connectivity index (χ1n) is 23.7. The third-order valence-corrected chi connectivity index (χ3v) is 14.1. The van der Waals surface area contributed by atoms with E-state index in [2.05, 4.69) is 5.32 Å². The molecule has 1 aromatic rings. The molecule has 20 nitrogen and oxygen atoms in total. The molecule has 15 atom stereocenters. The summed E-state index contributed by atoms with van der Waals surface area (Å²) in [5.74, 6) is -11.7. The highest BCUT2D eigenvalue weighted by atomic mass is 16.7. The second-order valence-electron chi connectivity index (χ2n) is 20.1. The van der Waals surface area contributed by atoms with Crippen molar-refractivity contribution in [1.29, 1.82) is 0 Å². The normalized spacial score (nSPS) is 35.8. The molecule has 1 amide bonds. The molecule has 1 aliphatic carbocycles. The number of carboxylic acid groups (broad SMARTS) is 1. The molecule has 8 aliphatic rings. The Balaban J connectivity index is 1.45. The third kappa shape index (κ3) is 11.7. The first kappa shape index (κ1) is 54.8. The Bertz CT molecular complexity index is 2390. The summed E-state index contributed by atoms with van der Waals surface area (Å²) in [6, 6.07) is 0. The smallest absolute Gasteiger partial charge is 0.312 e. The van der Waals surface area contributed by atoms with Crippen molar-refractivity contribution in [2.75, 3.05) is 6.79 Å². The van der Waals surface area contributed by atoms with Gasteiger partial charge in [0.15, 0.2) is 12.1 Å². The number of Topliss-reactive ketones (excluding diaryl/α,β-unsaturated/α-hetero) is 1. The number of benzene rings is 1. The number of phenols is 1. The number of aromatic hydroxyl groups is 1. The Kier molecular flexibility index (Phi) is 16.8. The van der Waals surface area contributed by atoms with Crippen molar-refractivity contribution in [3.8, 4) is 11.5 Å². The molecule has 0 spiro atoms. The van der Waals surface area contributed by atoms with E-state index < -0.39 is 143 Å². The summed E-state index contributed by atoms with van der Waals surface area (Å²) in [5, 5.41) is 59.5. The van der Waals surface area contributed by atoms with Gasteiger partial charge in [-0.15, -0.1) is 0 Å². The summed E-state index contributed by atoms with van der Waals surface area (Å²) >= 11 is 0. The van der Waals surface area contributed by atoms with Crippen LogP contribution < -0.4 is 10.1 Å². The predicted molar refractivity (Wildman–Crippen MR) is 248 cm³/mol. The van der Waals surface area contributed by atoms with Gasteiger partial charge in [-0.1, -0.05) is 39.0 Å². The molecule has 6 bridgehead atoms. The Morgan fingerprint density at radius 1 is 0.972 bits per heavy atom. The van der Waals surface area contributed by atoms with Crippen molar-refractivity contribution < 1.29 is 92.2 Å². The number of phenolic OH excluding ortho intramolecular Hbond substituents is 1. The highest BCUT2D eigenvalue weighted by Crippen LogP contribution is 2.50. The van der Waals surface area contributed by atoms with Crippen molar-refractivity contribution in [1.82, 2.24) is 5.32 Å². The number of carbonyl (C=O) groups is 6. The van der Waals surface area contributed by atoms with Crippen LogP contribution in [0.25, 0.3) is 0 Å². The number of hydrogen-bond donors (Lipinski definition) is 6. The molecule has 20 heteroatoms. The van der Waals surface area contributed by atoms with Crippen molar-refractivity contribution in [2.45, 2.75) is 162 Å². The number of fused-ring (bicyclic) bond motifs is 3. The fourth-order valence-electron chi connectivity index (χ4n) is 9.87. The Labute approximate surface area is 411 Å². The lowest BCUT2D eigenvalue weighted by atomic mass is 9.77. The molecule has 390 valence electrons. The van der Waals surface area contributed by atoms with Crippen LogP contribution in [0.3, 0.4) is 0 Å². The predicted octanol–water partition coefficient (Wildman–Crippen LogP) is 4.53. The molecule has 0 radical (unpaired) electrons. The maximum Gasteiger partial charge on any atom is 0.312 e. The second kappa shape index (κ2) is 21.7. The van der Waals surface area contributed by atoms with Crippen LogP contribution in [0.5, 0.6) is 11.5 Å². The SMILES string of the molecule is CC(=O)OC1C(C)C(OC2CC3OCOC3C(C)O2)/C=C/OC2(C)CC(O)c3c(c(C)c(O)c4c3C(=O)C=C(NC(=O)/C(C)=C\C=C\C(C(C)OC(=O)C(C)(C)CC(=O)O)C(O)C(C)C(O)C1C)C4=O)O2. The molecule has 15 unspecified atom stereocenters. The largest absolute Gasteiger partial charge is 0.507 e. The van der Waals surface area contributed by atoms with Gasteiger partial charge >= 0.3 is 17.9 Å². The van der Waals surface area contributed by atoms with Crippen LogP contribution in [-0.2, 0) is 52.3 Å². The number of rotatable bonds is 8. The van der Waals surface area contributed by atoms with E-state index in [1.54, 1.807) is 20.8 Å². The van der Waals surface area contributed by atoms with Crippen LogP contribution in [-0.4, -0.2) is 129 Å². The number of amides is 1. The fourth-order valence-corrected chi connectivity index (χ4v) is 9.87. The summed E-state index contributed by atoms with van der Waals surface area (Å²) in [5.41, 5.74) is -2.76. The van der Waals surface area contributed by atoms with Gasteiger partial charge in [0.2, 0.25) is 11.6 Å². The van der Waals surface area contributed by atoms with E-state index >= 15 is 0 Å². The van der Waals surface area contributed by atoms with Gasteiger partial charge in [-0.25, -0.2) is 0 Å². The molecular formula is C51H67NO19. The molecule has 6 N–H and O–H groups in total. The zero-order valence-corrected chi connectivity index (χ0v) is 41.8. The number of esters is 2. The van der Waals surface area contributed by atoms with Crippen LogP contribution in [0.2, 0.25) is 0 Å². The van der Waals surface area contributed by atoms with E-state index in [1.807, 2.05) is 6.92 Å². The van der Waals surface area contributed by atoms with Gasteiger partial charge in [0.05, 0.1) is 72.4 Å². The molecule has 1 aromatic carbocycles. The monoisotopic (exact) mass is 997 g/mol. The van der Waals surface area contributed by atoms with E-state index in [9.17, 15) is 54.3 Å². The number of carboxylic acids is 1. The Morgan fingerprint density at radius 3 is 2.32 bits per heavy atom. The summed E-state index contributed by atoms with van der Waals surface area (Å²) in [6.07, 6.45) is -2.56. The minimum absolute atomic E-state index is 0.000299. The van der Waals surface area contributed by atoms with Crippen LogP contribution in [0.1, 0.15) is 126 Å². The van der Waals surface area contributed by atoms with Crippen LogP contribution in [0.4, 0.5) is 0 Å². The topological polar surface area (TPSA) is 289 Å². The number of ether oxygens (including phenoxy) is 8. The molecule has 7 heterocycles. The number of carbonyl (C=O) groups excluding carboxylic acids is 5. The number of aliphatic hydroxyl groups excluding tert-OH is 3. The molecule has 71 heavy (non-hydrogen) atoms. The van der Waals surface area contributed by atoms with Crippen LogP contribution in [0.15, 0.2) is 47.9 Å². The second-order valence-corrected chi connectivity index (χ2v) is 20.1.